The molecule has 2 heterocycles. The molecule has 8 heteroatoms. The van der Waals surface area contributed by atoms with Crippen LogP contribution < -0.4 is 10.6 Å². The van der Waals surface area contributed by atoms with Gasteiger partial charge in [0.2, 0.25) is 0 Å². The van der Waals surface area contributed by atoms with Gasteiger partial charge >= 0.3 is 0 Å². The number of aryl methyl sites for hydroxylation is 1. The van der Waals surface area contributed by atoms with Crippen LogP contribution in [0.3, 0.4) is 0 Å². The maximum atomic E-state index is 5.58. The number of guanidine groups is 1. The number of halogens is 1. The number of ether oxygens (including phenoxy) is 1. The van der Waals surface area contributed by atoms with Crippen LogP contribution in [0, 0.1) is 6.92 Å². The predicted octanol–water partition coefficient (Wildman–Crippen LogP) is 3.60. The minimum Gasteiger partial charge on any atom is -0.379 e. The van der Waals surface area contributed by atoms with E-state index in [1.165, 1.54) is 22.3 Å². The highest BCUT2D eigenvalue weighted by Crippen LogP contribution is 2.22. The van der Waals surface area contributed by atoms with Crippen molar-refractivity contribution in [3.05, 3.63) is 89.2 Å². The number of nitrogens with one attached hydrogen (secondary N) is 2. The van der Waals surface area contributed by atoms with Gasteiger partial charge in [-0.1, -0.05) is 54.1 Å². The number of nitrogens with zero attached hydrogens (tertiary/aromatic N) is 4. The lowest BCUT2D eigenvalue weighted by Crippen LogP contribution is -2.46. The largest absolute Gasteiger partial charge is 0.379 e. The number of hydrogen-bond donors (Lipinski definition) is 2. The fraction of sp³-hybridized carbons (Fsp3) is 0.385. The van der Waals surface area contributed by atoms with Crippen molar-refractivity contribution >= 4 is 29.9 Å². The molecule has 4 rings (SSSR count). The maximum Gasteiger partial charge on any atom is 0.191 e. The zero-order chi connectivity index (χ0) is 22.9. The molecule has 1 aliphatic rings. The lowest BCUT2D eigenvalue weighted by atomic mass is 10.0. The molecule has 1 atom stereocenters. The van der Waals surface area contributed by atoms with Crippen LogP contribution in [0.25, 0.3) is 0 Å². The second kappa shape index (κ2) is 13.5. The van der Waals surface area contributed by atoms with Crippen LogP contribution >= 0.6 is 24.0 Å². The van der Waals surface area contributed by atoms with Crippen molar-refractivity contribution in [2.75, 3.05) is 39.9 Å². The second-order valence-electron chi connectivity index (χ2n) is 8.35. The van der Waals surface area contributed by atoms with E-state index in [2.05, 4.69) is 81.1 Å². The van der Waals surface area contributed by atoms with Gasteiger partial charge in [0.05, 0.1) is 25.8 Å². The van der Waals surface area contributed by atoms with Crippen LogP contribution in [0.1, 0.15) is 28.3 Å². The molecule has 0 saturated carbocycles. The average Bonchev–Trinajstić information content (AvgIpc) is 3.37. The molecule has 0 amide bonds. The van der Waals surface area contributed by atoms with E-state index in [9.17, 15) is 0 Å². The highest BCUT2D eigenvalue weighted by molar-refractivity contribution is 14.0. The number of morpholine rings is 1. The van der Waals surface area contributed by atoms with Crippen LogP contribution in [0.2, 0.25) is 0 Å². The van der Waals surface area contributed by atoms with E-state index in [0.717, 1.165) is 45.4 Å². The standard InChI is InChI=1S/C26H34N6O.HI/c1-21-8-10-22(11-9-21)25(31-14-16-33-17-15-31)19-29-26(27-2)28-18-23-6-3-4-7-24(23)20-32-13-5-12-30-32;/h3-13,25H,14-20H2,1-2H3,(H2,27,28,29);1H. The fourth-order valence-corrected chi connectivity index (χ4v) is 4.18. The molecule has 0 radical (unpaired) electrons. The third-order valence-corrected chi connectivity index (χ3v) is 6.09. The Kier molecular flexibility index (Phi) is 10.4. The average molecular weight is 575 g/mol. The van der Waals surface area contributed by atoms with Crippen LogP contribution in [-0.4, -0.2) is 60.5 Å². The zero-order valence-corrected chi connectivity index (χ0v) is 22.3. The maximum absolute atomic E-state index is 5.58. The Labute approximate surface area is 219 Å². The van der Waals surface area contributed by atoms with Gasteiger partial charge in [-0.25, -0.2) is 0 Å². The molecule has 0 aliphatic carbocycles. The zero-order valence-electron chi connectivity index (χ0n) is 20.0. The van der Waals surface area contributed by atoms with Crippen LogP contribution in [0.15, 0.2) is 72.0 Å². The van der Waals surface area contributed by atoms with E-state index in [1.54, 1.807) is 0 Å². The SMILES string of the molecule is CN=C(NCc1ccccc1Cn1cccn1)NCC(c1ccc(C)cc1)N1CCOCC1.I. The third kappa shape index (κ3) is 7.28. The molecule has 1 unspecified atom stereocenters. The van der Waals surface area contributed by atoms with Crippen molar-refractivity contribution in [2.24, 2.45) is 4.99 Å². The Balaban J connectivity index is 0.00000324. The first kappa shape index (κ1) is 26.2. The highest BCUT2D eigenvalue weighted by atomic mass is 127. The molecule has 1 aliphatic heterocycles. The molecule has 34 heavy (non-hydrogen) atoms. The monoisotopic (exact) mass is 574 g/mol. The summed E-state index contributed by atoms with van der Waals surface area (Å²) in [4.78, 5) is 6.96. The minimum atomic E-state index is 0. The van der Waals surface area contributed by atoms with E-state index in [1.807, 2.05) is 30.2 Å². The molecular formula is C26H35IN6O. The first-order chi connectivity index (χ1) is 16.2. The van der Waals surface area contributed by atoms with E-state index in [4.69, 9.17) is 4.74 Å². The van der Waals surface area contributed by atoms with Gasteiger partial charge in [-0.15, -0.1) is 24.0 Å². The number of hydrogen-bond acceptors (Lipinski definition) is 4. The van der Waals surface area contributed by atoms with Crippen molar-refractivity contribution in [3.8, 4) is 0 Å². The van der Waals surface area contributed by atoms with E-state index < -0.39 is 0 Å². The Morgan fingerprint density at radius 1 is 1.03 bits per heavy atom. The molecule has 0 bridgehead atoms. The first-order valence-electron chi connectivity index (χ1n) is 11.6. The number of benzene rings is 2. The van der Waals surface area contributed by atoms with Crippen molar-refractivity contribution < 1.29 is 4.74 Å². The molecule has 2 N–H and O–H groups in total. The normalized spacial score (nSPS) is 15.4. The van der Waals surface area contributed by atoms with Crippen molar-refractivity contribution in [2.45, 2.75) is 26.1 Å². The molecule has 1 aromatic heterocycles. The summed E-state index contributed by atoms with van der Waals surface area (Å²) in [6.07, 6.45) is 3.80. The van der Waals surface area contributed by atoms with Crippen molar-refractivity contribution in [1.29, 1.82) is 0 Å². The number of aromatic nitrogens is 2. The smallest absolute Gasteiger partial charge is 0.191 e. The lowest BCUT2D eigenvalue weighted by Gasteiger charge is -2.35. The minimum absolute atomic E-state index is 0. The summed E-state index contributed by atoms with van der Waals surface area (Å²) >= 11 is 0. The molecule has 7 nitrogen and oxygen atoms in total. The molecule has 0 spiro atoms. The second-order valence-corrected chi connectivity index (χ2v) is 8.35. The quantitative estimate of drug-likeness (QED) is 0.245. The van der Waals surface area contributed by atoms with Crippen LogP contribution in [0.4, 0.5) is 0 Å². The van der Waals surface area contributed by atoms with Crippen molar-refractivity contribution in [3.63, 3.8) is 0 Å². The molecular weight excluding hydrogens is 539 g/mol. The molecule has 1 fully saturated rings. The van der Waals surface area contributed by atoms with Crippen molar-refractivity contribution in [1.82, 2.24) is 25.3 Å². The van der Waals surface area contributed by atoms with Gasteiger partial charge in [0.25, 0.3) is 0 Å². The van der Waals surface area contributed by atoms with Gasteiger partial charge in [0.1, 0.15) is 0 Å². The van der Waals surface area contributed by atoms with E-state index in [-0.39, 0.29) is 30.0 Å². The highest BCUT2D eigenvalue weighted by Gasteiger charge is 2.23. The first-order valence-corrected chi connectivity index (χ1v) is 11.6. The summed E-state index contributed by atoms with van der Waals surface area (Å²) in [5.41, 5.74) is 5.07. The summed E-state index contributed by atoms with van der Waals surface area (Å²) in [6, 6.07) is 19.5. The summed E-state index contributed by atoms with van der Waals surface area (Å²) in [5, 5.41) is 11.4. The van der Waals surface area contributed by atoms with Gasteiger partial charge in [0.15, 0.2) is 5.96 Å². The fourth-order valence-electron chi connectivity index (χ4n) is 4.18. The molecule has 2 aromatic carbocycles. The Hall–Kier alpha value is -2.43. The van der Waals surface area contributed by atoms with E-state index >= 15 is 0 Å². The van der Waals surface area contributed by atoms with Gasteiger partial charge in [-0.2, -0.15) is 5.10 Å². The van der Waals surface area contributed by atoms with Gasteiger partial charge in [0, 0.05) is 45.6 Å². The van der Waals surface area contributed by atoms with Gasteiger partial charge < -0.3 is 15.4 Å². The summed E-state index contributed by atoms with van der Waals surface area (Å²) in [5.74, 6) is 0.800. The molecule has 1 saturated heterocycles. The summed E-state index contributed by atoms with van der Waals surface area (Å²) < 4.78 is 7.53. The Bertz CT molecular complexity index is 1020. The topological polar surface area (TPSA) is 66.7 Å². The van der Waals surface area contributed by atoms with E-state index in [0.29, 0.717) is 6.54 Å². The van der Waals surface area contributed by atoms with Gasteiger partial charge in [-0.3, -0.25) is 14.6 Å². The van der Waals surface area contributed by atoms with Crippen LogP contribution in [0.5, 0.6) is 0 Å². The summed E-state index contributed by atoms with van der Waals surface area (Å²) in [6.45, 7) is 7.79. The Morgan fingerprint density at radius 3 is 2.44 bits per heavy atom. The van der Waals surface area contributed by atoms with Gasteiger partial charge in [-0.05, 0) is 29.7 Å². The number of rotatable bonds is 8. The summed E-state index contributed by atoms with van der Waals surface area (Å²) in [7, 11) is 1.82. The Morgan fingerprint density at radius 2 is 1.76 bits per heavy atom. The lowest BCUT2D eigenvalue weighted by molar-refractivity contribution is 0.0170. The molecule has 3 aromatic rings. The molecule has 182 valence electrons. The number of aliphatic imine (C=N–C) groups is 1. The predicted molar refractivity (Wildman–Crippen MR) is 148 cm³/mol. The third-order valence-electron chi connectivity index (χ3n) is 6.09. The van der Waals surface area contributed by atoms with Crippen LogP contribution in [-0.2, 0) is 17.8 Å².